The zero-order valence-electron chi connectivity index (χ0n) is 23.6. The van der Waals surface area contributed by atoms with Crippen molar-refractivity contribution in [3.63, 3.8) is 0 Å². The smallest absolute Gasteiger partial charge is 0.248 e. The first-order valence-corrected chi connectivity index (χ1v) is 16.3. The highest BCUT2D eigenvalue weighted by Crippen LogP contribution is 2.45. The van der Waals surface area contributed by atoms with Gasteiger partial charge in [0.1, 0.15) is 0 Å². The Labute approximate surface area is 243 Å². The maximum absolute atomic E-state index is 14.3. The normalized spacial score (nSPS) is 20.4. The SMILES string of the molecule is CS(=O)(=O)NNC(=O)[C@@](CC1CCCC1)(c1ccccc1)[C@H](C/C=C/c1ccccc1)C(=O)NOC1CCCCO1. The van der Waals surface area contributed by atoms with Gasteiger partial charge in [-0.1, -0.05) is 98.5 Å². The molecular weight excluding hydrogens is 542 g/mol. The van der Waals surface area contributed by atoms with Crippen LogP contribution in [-0.2, 0) is 34.6 Å². The quantitative estimate of drug-likeness (QED) is 0.301. The maximum atomic E-state index is 14.3. The fourth-order valence-electron chi connectivity index (χ4n) is 5.93. The van der Waals surface area contributed by atoms with Crippen LogP contribution in [0.3, 0.4) is 0 Å². The van der Waals surface area contributed by atoms with E-state index in [1.165, 1.54) is 0 Å². The summed E-state index contributed by atoms with van der Waals surface area (Å²) in [6.07, 6.45) is 11.3. The second kappa shape index (κ2) is 14.7. The molecule has 2 aliphatic rings. The van der Waals surface area contributed by atoms with Crippen LogP contribution in [0, 0.1) is 11.8 Å². The first kappa shape index (κ1) is 30.9. The zero-order valence-corrected chi connectivity index (χ0v) is 24.4. The number of carbonyl (C=O) groups excluding carboxylic acids is 2. The van der Waals surface area contributed by atoms with Gasteiger partial charge in [-0.05, 0) is 42.7 Å². The monoisotopic (exact) mass is 583 g/mol. The van der Waals surface area contributed by atoms with E-state index in [9.17, 15) is 18.0 Å². The lowest BCUT2D eigenvalue weighted by atomic mass is 9.63. The second-order valence-electron chi connectivity index (χ2n) is 11.0. The van der Waals surface area contributed by atoms with Crippen LogP contribution in [0.4, 0.5) is 0 Å². The van der Waals surface area contributed by atoms with E-state index in [-0.39, 0.29) is 12.3 Å². The Kier molecular flexibility index (Phi) is 11.1. The molecule has 41 heavy (non-hydrogen) atoms. The van der Waals surface area contributed by atoms with E-state index in [2.05, 4.69) is 15.7 Å². The van der Waals surface area contributed by atoms with Crippen LogP contribution in [0.25, 0.3) is 6.08 Å². The van der Waals surface area contributed by atoms with E-state index in [0.29, 0.717) is 25.0 Å². The molecule has 1 saturated carbocycles. The van der Waals surface area contributed by atoms with Gasteiger partial charge in [0.25, 0.3) is 0 Å². The maximum Gasteiger partial charge on any atom is 0.248 e. The first-order chi connectivity index (χ1) is 19.8. The minimum atomic E-state index is -3.75. The number of sulfonamides is 1. The molecule has 1 unspecified atom stereocenters. The van der Waals surface area contributed by atoms with E-state index < -0.39 is 39.5 Å². The van der Waals surface area contributed by atoms with E-state index in [0.717, 1.165) is 50.3 Å². The van der Waals surface area contributed by atoms with Crippen molar-refractivity contribution in [3.8, 4) is 0 Å². The van der Waals surface area contributed by atoms with Crippen molar-refractivity contribution < 1.29 is 27.6 Å². The molecule has 2 aromatic carbocycles. The summed E-state index contributed by atoms with van der Waals surface area (Å²) in [6.45, 7) is 0.555. The van der Waals surface area contributed by atoms with Gasteiger partial charge in [0, 0.05) is 13.0 Å². The van der Waals surface area contributed by atoms with Gasteiger partial charge in [-0.3, -0.25) is 15.0 Å². The Bertz CT molecular complexity index is 1260. The lowest BCUT2D eigenvalue weighted by Gasteiger charge is -2.40. The number of ether oxygens (including phenoxy) is 1. The van der Waals surface area contributed by atoms with Gasteiger partial charge in [0.05, 0.1) is 17.6 Å². The lowest BCUT2D eigenvalue weighted by Crippen LogP contribution is -2.58. The van der Waals surface area contributed by atoms with Crippen LogP contribution in [0.2, 0.25) is 0 Å². The first-order valence-electron chi connectivity index (χ1n) is 14.4. The summed E-state index contributed by atoms with van der Waals surface area (Å²) in [7, 11) is -3.75. The highest BCUT2D eigenvalue weighted by atomic mass is 32.2. The van der Waals surface area contributed by atoms with Crippen molar-refractivity contribution in [1.82, 2.24) is 15.7 Å². The Hall–Kier alpha value is -3.05. The van der Waals surface area contributed by atoms with Crippen LogP contribution >= 0.6 is 0 Å². The lowest BCUT2D eigenvalue weighted by molar-refractivity contribution is -0.203. The van der Waals surface area contributed by atoms with Crippen molar-refractivity contribution in [2.75, 3.05) is 12.9 Å². The molecule has 0 spiro atoms. The molecule has 10 heteroatoms. The Balaban J connectivity index is 1.75. The minimum absolute atomic E-state index is 0.190. The number of hydrogen-bond donors (Lipinski definition) is 3. The number of nitrogens with one attached hydrogen (secondary N) is 3. The largest absolute Gasteiger partial charge is 0.350 e. The van der Waals surface area contributed by atoms with E-state index in [1.807, 2.05) is 72.8 Å². The van der Waals surface area contributed by atoms with Gasteiger partial charge in [0.2, 0.25) is 21.8 Å². The molecule has 2 aromatic rings. The number of allylic oxidation sites excluding steroid dienone is 1. The molecule has 9 nitrogen and oxygen atoms in total. The van der Waals surface area contributed by atoms with Crippen LogP contribution in [0.5, 0.6) is 0 Å². The highest BCUT2D eigenvalue weighted by Gasteiger charge is 2.51. The Morgan fingerprint density at radius 3 is 2.29 bits per heavy atom. The van der Waals surface area contributed by atoms with Crippen molar-refractivity contribution in [1.29, 1.82) is 0 Å². The summed E-state index contributed by atoms with van der Waals surface area (Å²) in [5.74, 6) is -1.78. The summed E-state index contributed by atoms with van der Waals surface area (Å²) in [5, 5.41) is 0. The van der Waals surface area contributed by atoms with E-state index in [4.69, 9.17) is 9.57 Å². The topological polar surface area (TPSA) is 123 Å². The molecule has 2 amide bonds. The molecule has 1 aliphatic carbocycles. The molecule has 0 bridgehead atoms. The molecule has 1 aliphatic heterocycles. The van der Waals surface area contributed by atoms with Crippen LogP contribution in [0.15, 0.2) is 66.7 Å². The number of hydrazine groups is 1. The highest BCUT2D eigenvalue weighted by molar-refractivity contribution is 7.88. The van der Waals surface area contributed by atoms with Crippen LogP contribution in [-0.4, -0.2) is 39.4 Å². The number of benzene rings is 2. The molecule has 2 fully saturated rings. The second-order valence-corrected chi connectivity index (χ2v) is 12.8. The standard InChI is InChI=1S/C31H41N3O6S/c1-41(37,38)34-32-30(36)31(23-25-15-8-9-16-25,26-18-6-3-7-19-26)27(20-12-17-24-13-4-2-5-14-24)29(35)33-40-28-21-10-11-22-39-28/h2-7,12-14,17-19,25,27-28,34H,8-11,15-16,20-23H2,1H3,(H,32,36)(H,33,35)/b17-12+/t27-,28?,31+/m1/s1. The third-order valence-electron chi connectivity index (χ3n) is 7.95. The van der Waals surface area contributed by atoms with Gasteiger partial charge < -0.3 is 4.74 Å². The average Bonchev–Trinajstić information content (AvgIpc) is 3.50. The number of hydrogen-bond acceptors (Lipinski definition) is 6. The third-order valence-corrected chi connectivity index (χ3v) is 8.42. The number of carbonyl (C=O) groups is 2. The zero-order chi connectivity index (χ0) is 29.1. The van der Waals surface area contributed by atoms with Gasteiger partial charge >= 0.3 is 0 Å². The Morgan fingerprint density at radius 2 is 1.66 bits per heavy atom. The summed E-state index contributed by atoms with van der Waals surface area (Å²) in [4.78, 5) is 36.2. The molecule has 3 N–H and O–H groups in total. The number of hydroxylamine groups is 1. The van der Waals surface area contributed by atoms with Gasteiger partial charge in [-0.2, -0.15) is 0 Å². The molecule has 1 heterocycles. The average molecular weight is 584 g/mol. The molecular formula is C31H41N3O6S. The van der Waals surface area contributed by atoms with Gasteiger partial charge in [-0.15, -0.1) is 4.83 Å². The van der Waals surface area contributed by atoms with Crippen molar-refractivity contribution in [2.45, 2.75) is 69.5 Å². The predicted octanol–water partition coefficient (Wildman–Crippen LogP) is 4.38. The summed E-state index contributed by atoms with van der Waals surface area (Å²) in [5.41, 5.74) is 5.26. The van der Waals surface area contributed by atoms with Crippen molar-refractivity contribution in [2.24, 2.45) is 11.8 Å². The summed E-state index contributed by atoms with van der Waals surface area (Å²) in [6, 6.07) is 18.9. The summed E-state index contributed by atoms with van der Waals surface area (Å²) < 4.78 is 29.6. The predicted molar refractivity (Wildman–Crippen MR) is 157 cm³/mol. The van der Waals surface area contributed by atoms with E-state index >= 15 is 0 Å². The molecule has 222 valence electrons. The van der Waals surface area contributed by atoms with Crippen molar-refractivity contribution in [3.05, 3.63) is 77.9 Å². The summed E-state index contributed by atoms with van der Waals surface area (Å²) >= 11 is 0. The van der Waals surface area contributed by atoms with Gasteiger partial charge in [-0.25, -0.2) is 18.7 Å². The molecule has 1 saturated heterocycles. The van der Waals surface area contributed by atoms with Gasteiger partial charge in [0.15, 0.2) is 6.29 Å². The number of rotatable bonds is 13. The number of amides is 2. The van der Waals surface area contributed by atoms with E-state index in [1.54, 1.807) is 0 Å². The fraction of sp³-hybridized carbons (Fsp3) is 0.484. The molecule has 3 atom stereocenters. The molecule has 0 radical (unpaired) electrons. The third kappa shape index (κ3) is 8.72. The Morgan fingerprint density at radius 1 is 1.00 bits per heavy atom. The van der Waals surface area contributed by atoms with Crippen LogP contribution < -0.4 is 15.7 Å². The molecule has 0 aromatic heterocycles. The van der Waals surface area contributed by atoms with Crippen LogP contribution in [0.1, 0.15) is 68.9 Å². The minimum Gasteiger partial charge on any atom is -0.350 e. The molecule has 4 rings (SSSR count). The van der Waals surface area contributed by atoms with Crippen molar-refractivity contribution >= 4 is 27.9 Å². The fourth-order valence-corrected chi connectivity index (χ4v) is 6.21.